The van der Waals surface area contributed by atoms with Gasteiger partial charge in [0.2, 0.25) is 0 Å². The quantitative estimate of drug-likeness (QED) is 0.340. The van der Waals surface area contributed by atoms with Gasteiger partial charge in [0, 0.05) is 6.08 Å². The van der Waals surface area contributed by atoms with Crippen molar-refractivity contribution in [3.8, 4) is 0 Å². The van der Waals surface area contributed by atoms with Crippen molar-refractivity contribution >= 4 is 5.97 Å². The second-order valence-electron chi connectivity index (χ2n) is 5.98. The van der Waals surface area contributed by atoms with Gasteiger partial charge in [0.25, 0.3) is 0 Å². The van der Waals surface area contributed by atoms with Crippen molar-refractivity contribution in [2.45, 2.75) is 53.4 Å². The van der Waals surface area contributed by atoms with Gasteiger partial charge in [-0.3, -0.25) is 0 Å². The number of carboxylic acid groups (broad SMARTS) is 1. The Morgan fingerprint density at radius 3 is 2.22 bits per heavy atom. The lowest BCUT2D eigenvalue weighted by Gasteiger charge is -2.02. The highest BCUT2D eigenvalue weighted by Gasteiger charge is 1.95. The van der Waals surface area contributed by atoms with Crippen LogP contribution in [-0.2, 0) is 4.79 Å². The summed E-state index contributed by atoms with van der Waals surface area (Å²) in [7, 11) is 0. The van der Waals surface area contributed by atoms with Crippen LogP contribution in [0, 0.1) is 0 Å². The minimum absolute atomic E-state index is 0.0245. The summed E-state index contributed by atoms with van der Waals surface area (Å²) in [5.41, 5.74) is 4.33. The van der Waals surface area contributed by atoms with Gasteiger partial charge in [-0.1, -0.05) is 41.5 Å². The fraction of sp³-hybridized carbons (Fsp3) is 0.450. The highest BCUT2D eigenvalue weighted by atomic mass is 16.4. The summed E-state index contributed by atoms with van der Waals surface area (Å²) in [5, 5.41) is 18.0. The number of allylic oxidation sites excluding steroid dienone is 8. The molecule has 0 bridgehead atoms. The number of aliphatic hydroxyl groups excluding tert-OH is 1. The van der Waals surface area contributed by atoms with Gasteiger partial charge in [0.1, 0.15) is 0 Å². The van der Waals surface area contributed by atoms with E-state index in [2.05, 4.69) is 32.9 Å². The van der Waals surface area contributed by atoms with Gasteiger partial charge in [-0.15, -0.1) is 0 Å². The standard InChI is InChI=1S/C20H30O3/c1-16(2)8-5-9-17(3)10-6-12-19(15-21)13-7-11-18(4)14-20(22)23/h7-8,10-11,13-14,21H,5-6,9,12,15H2,1-4H3,(H,22,23). The first-order chi connectivity index (χ1) is 10.8. The Kier molecular flexibility index (Phi) is 11.6. The second kappa shape index (κ2) is 12.7. The molecule has 0 heterocycles. The maximum Gasteiger partial charge on any atom is 0.328 e. The molecule has 0 unspecified atom stereocenters. The lowest BCUT2D eigenvalue weighted by molar-refractivity contribution is -0.131. The summed E-state index contributed by atoms with van der Waals surface area (Å²) in [5.74, 6) is -0.952. The molecule has 2 N–H and O–H groups in total. The Morgan fingerprint density at radius 1 is 1.00 bits per heavy atom. The highest BCUT2D eigenvalue weighted by Crippen LogP contribution is 2.11. The van der Waals surface area contributed by atoms with E-state index in [-0.39, 0.29) is 6.61 Å². The molecule has 0 rings (SSSR count). The average molecular weight is 318 g/mol. The molecule has 0 spiro atoms. The van der Waals surface area contributed by atoms with E-state index in [1.807, 2.05) is 6.08 Å². The van der Waals surface area contributed by atoms with Crippen LogP contribution in [0.3, 0.4) is 0 Å². The van der Waals surface area contributed by atoms with Crippen molar-refractivity contribution < 1.29 is 15.0 Å². The lowest BCUT2D eigenvalue weighted by atomic mass is 10.1. The molecule has 3 heteroatoms. The van der Waals surface area contributed by atoms with Crippen LogP contribution in [0.25, 0.3) is 0 Å². The van der Waals surface area contributed by atoms with Crippen molar-refractivity contribution in [3.05, 3.63) is 58.7 Å². The highest BCUT2D eigenvalue weighted by molar-refractivity contribution is 5.81. The van der Waals surface area contributed by atoms with Gasteiger partial charge < -0.3 is 10.2 Å². The molecule has 23 heavy (non-hydrogen) atoms. The van der Waals surface area contributed by atoms with Gasteiger partial charge in [-0.25, -0.2) is 4.79 Å². The number of rotatable bonds is 10. The van der Waals surface area contributed by atoms with Crippen molar-refractivity contribution in [2.24, 2.45) is 0 Å². The zero-order valence-electron chi connectivity index (χ0n) is 14.8. The third-order valence-electron chi connectivity index (χ3n) is 3.29. The number of aliphatic hydroxyl groups is 1. The molecule has 0 radical (unpaired) electrons. The molecule has 0 aliphatic rings. The molecular formula is C20H30O3. The number of aliphatic carboxylic acids is 1. The van der Waals surface area contributed by atoms with Gasteiger partial charge in [0.05, 0.1) is 6.61 Å². The molecule has 0 aromatic heterocycles. The second-order valence-corrected chi connectivity index (χ2v) is 5.98. The predicted molar refractivity (Wildman–Crippen MR) is 97.4 cm³/mol. The number of carboxylic acids is 1. The van der Waals surface area contributed by atoms with E-state index >= 15 is 0 Å². The molecule has 0 amide bonds. The first kappa shape index (κ1) is 21.1. The number of hydrogen-bond acceptors (Lipinski definition) is 2. The molecule has 0 aliphatic heterocycles. The van der Waals surface area contributed by atoms with E-state index < -0.39 is 5.97 Å². The predicted octanol–water partition coefficient (Wildman–Crippen LogP) is 4.97. The van der Waals surface area contributed by atoms with Gasteiger partial charge in [-0.2, -0.15) is 0 Å². The molecule has 0 saturated carbocycles. The van der Waals surface area contributed by atoms with E-state index in [1.54, 1.807) is 19.1 Å². The largest absolute Gasteiger partial charge is 0.478 e. The number of carbonyl (C=O) groups is 1. The molecular weight excluding hydrogens is 288 g/mol. The van der Waals surface area contributed by atoms with E-state index in [0.29, 0.717) is 5.57 Å². The molecule has 3 nitrogen and oxygen atoms in total. The summed E-state index contributed by atoms with van der Waals surface area (Å²) in [6, 6.07) is 0. The first-order valence-electron chi connectivity index (χ1n) is 8.02. The van der Waals surface area contributed by atoms with Crippen molar-refractivity contribution in [2.75, 3.05) is 6.61 Å². The van der Waals surface area contributed by atoms with Gasteiger partial charge in [-0.05, 0) is 64.5 Å². The molecule has 0 saturated heterocycles. The van der Waals surface area contributed by atoms with Crippen LogP contribution in [0.4, 0.5) is 0 Å². The Morgan fingerprint density at radius 2 is 1.65 bits per heavy atom. The topological polar surface area (TPSA) is 57.5 Å². The van der Waals surface area contributed by atoms with E-state index in [0.717, 1.165) is 37.3 Å². The Labute approximate surface area is 140 Å². The zero-order valence-corrected chi connectivity index (χ0v) is 14.8. The third-order valence-corrected chi connectivity index (χ3v) is 3.29. The summed E-state index contributed by atoms with van der Waals surface area (Å²) >= 11 is 0. The van der Waals surface area contributed by atoms with Crippen LogP contribution in [0.1, 0.15) is 53.4 Å². The van der Waals surface area contributed by atoms with E-state index in [4.69, 9.17) is 5.11 Å². The van der Waals surface area contributed by atoms with Crippen LogP contribution in [-0.4, -0.2) is 22.8 Å². The molecule has 128 valence electrons. The summed E-state index contributed by atoms with van der Waals surface area (Å²) < 4.78 is 0. The van der Waals surface area contributed by atoms with E-state index in [1.165, 1.54) is 11.1 Å². The lowest BCUT2D eigenvalue weighted by Crippen LogP contribution is -1.90. The fourth-order valence-electron chi connectivity index (χ4n) is 1.99. The van der Waals surface area contributed by atoms with Gasteiger partial charge in [0.15, 0.2) is 0 Å². The maximum absolute atomic E-state index is 10.5. The molecule has 0 aliphatic carbocycles. The summed E-state index contributed by atoms with van der Waals surface area (Å²) in [4.78, 5) is 10.5. The molecule has 0 atom stereocenters. The SMILES string of the molecule is CC(C)=CCCC(C)=CCCC(=CC=CC(C)=CC(=O)O)CO. The minimum Gasteiger partial charge on any atom is -0.478 e. The molecule has 0 aromatic carbocycles. The van der Waals surface area contributed by atoms with E-state index in [9.17, 15) is 9.90 Å². The van der Waals surface area contributed by atoms with Crippen molar-refractivity contribution in [1.29, 1.82) is 0 Å². The zero-order chi connectivity index (χ0) is 17.7. The Balaban J connectivity index is 4.38. The minimum atomic E-state index is -0.952. The molecule has 0 fully saturated rings. The normalized spacial score (nSPS) is 13.5. The van der Waals surface area contributed by atoms with Crippen LogP contribution >= 0.6 is 0 Å². The van der Waals surface area contributed by atoms with Crippen LogP contribution in [0.2, 0.25) is 0 Å². The van der Waals surface area contributed by atoms with Crippen molar-refractivity contribution in [3.63, 3.8) is 0 Å². The number of hydrogen-bond donors (Lipinski definition) is 2. The average Bonchev–Trinajstić information content (AvgIpc) is 2.44. The summed E-state index contributed by atoms with van der Waals surface area (Å²) in [6.45, 7) is 8.12. The van der Waals surface area contributed by atoms with Crippen LogP contribution in [0.5, 0.6) is 0 Å². The first-order valence-corrected chi connectivity index (χ1v) is 8.02. The fourth-order valence-corrected chi connectivity index (χ4v) is 1.99. The van der Waals surface area contributed by atoms with Crippen LogP contribution in [0.15, 0.2) is 58.7 Å². The van der Waals surface area contributed by atoms with Crippen molar-refractivity contribution in [1.82, 2.24) is 0 Å². The summed E-state index contributed by atoms with van der Waals surface area (Å²) in [6.07, 6.45) is 14.8. The smallest absolute Gasteiger partial charge is 0.328 e. The Bertz CT molecular complexity index is 513. The molecule has 0 aromatic rings. The van der Waals surface area contributed by atoms with Crippen LogP contribution < -0.4 is 0 Å². The monoisotopic (exact) mass is 318 g/mol. The van der Waals surface area contributed by atoms with Gasteiger partial charge >= 0.3 is 5.97 Å². The maximum atomic E-state index is 10.5. The Hall–Kier alpha value is -1.87. The third kappa shape index (κ3) is 13.5.